The fraction of sp³-hybridized carbons (Fsp3) is 0.632. The molecule has 1 aromatic carbocycles. The maximum Gasteiger partial charge on any atom is 0.315 e. The van der Waals surface area contributed by atoms with Gasteiger partial charge in [-0.05, 0) is 56.8 Å². The van der Waals surface area contributed by atoms with Crippen molar-refractivity contribution in [3.05, 3.63) is 35.1 Å². The van der Waals surface area contributed by atoms with Crippen molar-refractivity contribution in [3.8, 4) is 0 Å². The first-order valence-electron chi connectivity index (χ1n) is 9.05. The van der Waals surface area contributed by atoms with Crippen LogP contribution in [0.25, 0.3) is 0 Å². The van der Waals surface area contributed by atoms with Gasteiger partial charge in [0, 0.05) is 37.2 Å². The molecule has 0 aliphatic heterocycles. The first kappa shape index (κ1) is 18.1. The van der Waals surface area contributed by atoms with Gasteiger partial charge in [-0.25, -0.2) is 9.18 Å². The number of nitrogens with zero attached hydrogens (tertiary/aromatic N) is 1. The van der Waals surface area contributed by atoms with Crippen molar-refractivity contribution in [1.29, 1.82) is 0 Å². The van der Waals surface area contributed by atoms with Gasteiger partial charge in [-0.2, -0.15) is 0 Å². The van der Waals surface area contributed by atoms with E-state index < -0.39 is 0 Å². The predicted molar refractivity (Wildman–Crippen MR) is 94.4 cm³/mol. The number of urea groups is 1. The van der Waals surface area contributed by atoms with Gasteiger partial charge in [0.25, 0.3) is 0 Å². The lowest BCUT2D eigenvalue weighted by atomic mass is 9.85. The molecule has 2 bridgehead atoms. The molecule has 2 fully saturated rings. The third kappa shape index (κ3) is 4.12. The summed E-state index contributed by atoms with van der Waals surface area (Å²) in [6, 6.07) is 4.91. The monoisotopic (exact) mass is 349 g/mol. The van der Waals surface area contributed by atoms with E-state index in [0.29, 0.717) is 23.9 Å². The number of hydrogen-bond donors (Lipinski definition) is 3. The lowest BCUT2D eigenvalue weighted by Crippen LogP contribution is -2.48. The Morgan fingerprint density at radius 3 is 2.76 bits per heavy atom. The van der Waals surface area contributed by atoms with E-state index in [2.05, 4.69) is 10.6 Å². The normalized spacial score (nSPS) is 27.7. The molecule has 0 saturated heterocycles. The summed E-state index contributed by atoms with van der Waals surface area (Å²) in [5.74, 6) is 0.948. The van der Waals surface area contributed by atoms with Gasteiger partial charge >= 0.3 is 6.03 Å². The summed E-state index contributed by atoms with van der Waals surface area (Å²) in [5, 5.41) is 15.4. The minimum atomic E-state index is -0.248. The van der Waals surface area contributed by atoms with Crippen molar-refractivity contribution < 1.29 is 14.3 Å². The molecule has 2 aliphatic carbocycles. The van der Waals surface area contributed by atoms with Crippen molar-refractivity contribution in [3.63, 3.8) is 0 Å². The van der Waals surface area contributed by atoms with E-state index in [1.54, 1.807) is 6.07 Å². The Kier molecular flexibility index (Phi) is 5.59. The van der Waals surface area contributed by atoms with Crippen molar-refractivity contribution >= 4 is 6.03 Å². The van der Waals surface area contributed by atoms with Crippen LogP contribution in [0.4, 0.5) is 9.18 Å². The Labute approximate surface area is 148 Å². The number of aliphatic hydroxyl groups excluding tert-OH is 1. The number of carbonyl (C=O) groups excluding carboxylic acids is 1. The van der Waals surface area contributed by atoms with Gasteiger partial charge in [0.15, 0.2) is 0 Å². The lowest BCUT2D eigenvalue weighted by Gasteiger charge is -2.30. The number of aliphatic hydroxyl groups is 1. The van der Waals surface area contributed by atoms with Gasteiger partial charge in [0.2, 0.25) is 0 Å². The standard InChI is InChI=1S/C19H28FN3O2/c1-23(2)10-15-4-3-12(7-17(15)20)9-21-19(25)22-18-14-6-5-13(8-14)16(18)11-24/h3-4,7,13-14,16,18,24H,5-6,8-11H2,1-2H3,(H2,21,22,25). The summed E-state index contributed by atoms with van der Waals surface area (Å²) >= 11 is 0. The summed E-state index contributed by atoms with van der Waals surface area (Å²) in [6.45, 7) is 0.965. The highest BCUT2D eigenvalue weighted by Gasteiger charge is 2.47. The molecule has 25 heavy (non-hydrogen) atoms. The molecule has 2 aliphatic rings. The van der Waals surface area contributed by atoms with Gasteiger partial charge in [0.1, 0.15) is 5.82 Å². The molecule has 4 atom stereocenters. The second-order valence-corrected chi connectivity index (χ2v) is 7.70. The third-order valence-electron chi connectivity index (χ3n) is 5.65. The van der Waals surface area contributed by atoms with E-state index in [1.807, 2.05) is 25.1 Å². The van der Waals surface area contributed by atoms with Gasteiger partial charge in [-0.15, -0.1) is 0 Å². The van der Waals surface area contributed by atoms with Gasteiger partial charge in [-0.3, -0.25) is 0 Å². The fourth-order valence-electron chi connectivity index (χ4n) is 4.45. The molecule has 6 heteroatoms. The number of fused-ring (bicyclic) bond motifs is 2. The largest absolute Gasteiger partial charge is 0.396 e. The molecule has 0 spiro atoms. The van der Waals surface area contributed by atoms with Crippen LogP contribution in [0, 0.1) is 23.6 Å². The Balaban J connectivity index is 1.51. The number of carbonyl (C=O) groups is 1. The summed E-state index contributed by atoms with van der Waals surface area (Å²) < 4.78 is 14.1. The fourth-order valence-corrected chi connectivity index (χ4v) is 4.45. The second-order valence-electron chi connectivity index (χ2n) is 7.70. The molecule has 3 rings (SSSR count). The quantitative estimate of drug-likeness (QED) is 0.737. The van der Waals surface area contributed by atoms with Crippen molar-refractivity contribution in [2.45, 2.75) is 38.4 Å². The number of rotatable bonds is 6. The van der Waals surface area contributed by atoms with E-state index in [9.17, 15) is 14.3 Å². The summed E-state index contributed by atoms with van der Waals surface area (Å²) in [5.41, 5.74) is 1.38. The minimum absolute atomic E-state index is 0.0583. The molecule has 5 nitrogen and oxygen atoms in total. The maximum atomic E-state index is 14.1. The van der Waals surface area contributed by atoms with Gasteiger partial charge in [0.05, 0.1) is 0 Å². The predicted octanol–water partition coefficient (Wildman–Crippen LogP) is 2.09. The molecule has 138 valence electrons. The molecule has 0 radical (unpaired) electrons. The zero-order valence-electron chi connectivity index (χ0n) is 15.0. The van der Waals surface area contributed by atoms with Crippen LogP contribution in [0.2, 0.25) is 0 Å². The van der Waals surface area contributed by atoms with Crippen molar-refractivity contribution in [2.75, 3.05) is 20.7 Å². The molecule has 1 aromatic rings. The summed E-state index contributed by atoms with van der Waals surface area (Å²) in [4.78, 5) is 14.1. The highest BCUT2D eigenvalue weighted by Crippen LogP contribution is 2.48. The average molecular weight is 349 g/mol. The Morgan fingerprint density at radius 2 is 2.08 bits per heavy atom. The van der Waals surface area contributed by atoms with Crippen LogP contribution in [0.1, 0.15) is 30.4 Å². The second kappa shape index (κ2) is 7.70. The SMILES string of the molecule is CN(C)Cc1ccc(CNC(=O)NC2C3CCC(C3)C2CO)cc1F. The molecule has 3 N–H and O–H groups in total. The Bertz CT molecular complexity index is 623. The Morgan fingerprint density at radius 1 is 1.32 bits per heavy atom. The molecular formula is C19H28FN3O2. The average Bonchev–Trinajstić information content (AvgIpc) is 3.16. The van der Waals surface area contributed by atoms with E-state index >= 15 is 0 Å². The van der Waals surface area contributed by atoms with Crippen LogP contribution in [0.3, 0.4) is 0 Å². The van der Waals surface area contributed by atoms with E-state index in [-0.39, 0.29) is 37.0 Å². The number of halogens is 1. The molecule has 4 unspecified atom stereocenters. The number of benzene rings is 1. The summed E-state index contributed by atoms with van der Waals surface area (Å²) in [7, 11) is 3.79. The number of amides is 2. The first-order valence-corrected chi connectivity index (χ1v) is 9.05. The topological polar surface area (TPSA) is 64.6 Å². The summed E-state index contributed by atoms with van der Waals surface area (Å²) in [6.07, 6.45) is 3.40. The molecule has 2 amide bonds. The maximum absolute atomic E-state index is 14.1. The molecular weight excluding hydrogens is 321 g/mol. The third-order valence-corrected chi connectivity index (χ3v) is 5.65. The highest BCUT2D eigenvalue weighted by molar-refractivity contribution is 5.74. The zero-order valence-corrected chi connectivity index (χ0v) is 15.0. The number of nitrogens with one attached hydrogen (secondary N) is 2. The van der Waals surface area contributed by atoms with Crippen LogP contribution < -0.4 is 10.6 Å². The Hall–Kier alpha value is -1.66. The van der Waals surface area contributed by atoms with Crippen LogP contribution in [0.5, 0.6) is 0 Å². The van der Waals surface area contributed by atoms with Crippen molar-refractivity contribution in [2.24, 2.45) is 17.8 Å². The minimum Gasteiger partial charge on any atom is -0.396 e. The van der Waals surface area contributed by atoms with Crippen molar-refractivity contribution in [1.82, 2.24) is 15.5 Å². The number of hydrogen-bond acceptors (Lipinski definition) is 3. The molecule has 0 aromatic heterocycles. The van der Waals surface area contributed by atoms with Crippen LogP contribution >= 0.6 is 0 Å². The van der Waals surface area contributed by atoms with E-state index in [1.165, 1.54) is 6.07 Å². The van der Waals surface area contributed by atoms with E-state index in [0.717, 1.165) is 24.8 Å². The van der Waals surface area contributed by atoms with E-state index in [4.69, 9.17) is 0 Å². The smallest absolute Gasteiger partial charge is 0.315 e. The molecule has 0 heterocycles. The first-order chi connectivity index (χ1) is 12.0. The van der Waals surface area contributed by atoms with Gasteiger partial charge in [-0.1, -0.05) is 12.1 Å². The van der Waals surface area contributed by atoms with Gasteiger partial charge < -0.3 is 20.6 Å². The van der Waals surface area contributed by atoms with Crippen LogP contribution in [-0.4, -0.2) is 42.8 Å². The molecule has 2 saturated carbocycles. The zero-order chi connectivity index (χ0) is 18.0. The van der Waals surface area contributed by atoms with Crippen LogP contribution in [0.15, 0.2) is 18.2 Å². The highest BCUT2D eigenvalue weighted by atomic mass is 19.1. The van der Waals surface area contributed by atoms with Crippen LogP contribution in [-0.2, 0) is 13.1 Å². The lowest BCUT2D eigenvalue weighted by molar-refractivity contribution is 0.144.